The zero-order chi connectivity index (χ0) is 20.1. The van der Waals surface area contributed by atoms with Gasteiger partial charge >= 0.3 is 0 Å². The van der Waals surface area contributed by atoms with Crippen molar-refractivity contribution in [1.82, 2.24) is 4.31 Å². The zero-order valence-corrected chi connectivity index (χ0v) is 16.8. The van der Waals surface area contributed by atoms with E-state index in [1.54, 1.807) is 30.3 Å². The van der Waals surface area contributed by atoms with Gasteiger partial charge in [0.15, 0.2) is 0 Å². The minimum absolute atomic E-state index is 0.125. The van der Waals surface area contributed by atoms with Crippen LogP contribution in [0, 0.1) is 0 Å². The van der Waals surface area contributed by atoms with E-state index in [0.717, 1.165) is 19.3 Å². The summed E-state index contributed by atoms with van der Waals surface area (Å²) in [6.07, 6.45) is 2.75. The molecule has 8 heteroatoms. The second-order valence-corrected chi connectivity index (χ2v) is 8.45. The quantitative estimate of drug-likeness (QED) is 0.800. The molecule has 150 valence electrons. The number of rotatable bonds is 6. The molecule has 0 radical (unpaired) electrons. The van der Waals surface area contributed by atoms with E-state index in [4.69, 9.17) is 9.47 Å². The van der Waals surface area contributed by atoms with Gasteiger partial charge in [-0.2, -0.15) is 4.31 Å². The molecule has 2 aromatic rings. The predicted molar refractivity (Wildman–Crippen MR) is 107 cm³/mol. The number of carbonyl (C=O) groups is 1. The first-order chi connectivity index (χ1) is 13.5. The molecular formula is C20H24N2O5S. The van der Waals surface area contributed by atoms with Crippen LogP contribution in [0.2, 0.25) is 0 Å². The number of methoxy groups -OCH3 is 2. The molecule has 1 aliphatic rings. The molecule has 2 aromatic carbocycles. The lowest BCUT2D eigenvalue weighted by atomic mass is 10.2. The SMILES string of the molecule is COc1ccc(OC)c(NC(=O)c2cccc(S(=O)(=O)N3CCCCC3)c2)c1. The van der Waals surface area contributed by atoms with Gasteiger partial charge in [0, 0.05) is 24.7 Å². The summed E-state index contributed by atoms with van der Waals surface area (Å²) in [5, 5.41) is 2.76. The van der Waals surface area contributed by atoms with Crippen LogP contribution in [0.5, 0.6) is 11.5 Å². The molecule has 7 nitrogen and oxygen atoms in total. The Morgan fingerprint density at radius 2 is 1.75 bits per heavy atom. The number of amides is 1. The van der Waals surface area contributed by atoms with Crippen molar-refractivity contribution in [1.29, 1.82) is 0 Å². The number of anilines is 1. The van der Waals surface area contributed by atoms with Gasteiger partial charge in [0.25, 0.3) is 5.91 Å². The summed E-state index contributed by atoms with van der Waals surface area (Å²) < 4.78 is 37.7. The van der Waals surface area contributed by atoms with Gasteiger partial charge < -0.3 is 14.8 Å². The van der Waals surface area contributed by atoms with Gasteiger partial charge in [-0.1, -0.05) is 12.5 Å². The van der Waals surface area contributed by atoms with Crippen molar-refractivity contribution in [2.45, 2.75) is 24.2 Å². The van der Waals surface area contributed by atoms with Crippen molar-refractivity contribution < 1.29 is 22.7 Å². The minimum atomic E-state index is -3.61. The summed E-state index contributed by atoms with van der Waals surface area (Å²) in [5.74, 6) is 0.617. The van der Waals surface area contributed by atoms with Crippen LogP contribution in [0.25, 0.3) is 0 Å². The van der Waals surface area contributed by atoms with E-state index >= 15 is 0 Å². The highest BCUT2D eigenvalue weighted by Crippen LogP contribution is 2.29. The van der Waals surface area contributed by atoms with E-state index in [1.807, 2.05) is 0 Å². The molecule has 0 aromatic heterocycles. The summed E-state index contributed by atoms with van der Waals surface area (Å²) in [6, 6.07) is 11.1. The van der Waals surface area contributed by atoms with Gasteiger partial charge in [-0.25, -0.2) is 8.42 Å². The Balaban J connectivity index is 1.85. The number of hydrogen-bond acceptors (Lipinski definition) is 5. The van der Waals surface area contributed by atoms with Crippen molar-refractivity contribution in [2.24, 2.45) is 0 Å². The summed E-state index contributed by atoms with van der Waals surface area (Å²) in [6.45, 7) is 1.03. The fraction of sp³-hybridized carbons (Fsp3) is 0.350. The van der Waals surface area contributed by atoms with Crippen molar-refractivity contribution in [3.63, 3.8) is 0 Å². The van der Waals surface area contributed by atoms with Gasteiger partial charge in [-0.05, 0) is 43.2 Å². The van der Waals surface area contributed by atoms with Crippen molar-refractivity contribution in [2.75, 3.05) is 32.6 Å². The first-order valence-corrected chi connectivity index (χ1v) is 10.5. The molecule has 0 saturated carbocycles. The largest absolute Gasteiger partial charge is 0.497 e. The summed E-state index contributed by atoms with van der Waals surface area (Å²) in [4.78, 5) is 12.8. The topological polar surface area (TPSA) is 84.9 Å². The summed E-state index contributed by atoms with van der Waals surface area (Å²) in [7, 11) is -0.572. The lowest BCUT2D eigenvalue weighted by Crippen LogP contribution is -2.35. The van der Waals surface area contributed by atoms with E-state index in [9.17, 15) is 13.2 Å². The number of carbonyl (C=O) groups excluding carboxylic acids is 1. The fourth-order valence-corrected chi connectivity index (χ4v) is 4.72. The predicted octanol–water partition coefficient (Wildman–Crippen LogP) is 3.13. The normalized spacial score (nSPS) is 15.1. The number of nitrogens with one attached hydrogen (secondary N) is 1. The van der Waals surface area contributed by atoms with Crippen LogP contribution >= 0.6 is 0 Å². The number of hydrogen-bond donors (Lipinski definition) is 1. The molecule has 0 unspecified atom stereocenters. The van der Waals surface area contributed by atoms with Crippen LogP contribution in [0.15, 0.2) is 47.4 Å². The molecule has 1 amide bonds. The van der Waals surface area contributed by atoms with E-state index < -0.39 is 15.9 Å². The molecule has 1 aliphatic heterocycles. The maximum atomic E-state index is 12.9. The molecule has 1 heterocycles. The number of piperidine rings is 1. The molecular weight excluding hydrogens is 380 g/mol. The third-order valence-corrected chi connectivity index (χ3v) is 6.60. The van der Waals surface area contributed by atoms with E-state index in [1.165, 1.54) is 30.7 Å². The van der Waals surface area contributed by atoms with Crippen LogP contribution < -0.4 is 14.8 Å². The van der Waals surface area contributed by atoms with Gasteiger partial charge in [0.05, 0.1) is 24.8 Å². The average molecular weight is 404 g/mol. The Labute approximate surface area is 165 Å². The Morgan fingerprint density at radius 1 is 1.00 bits per heavy atom. The highest BCUT2D eigenvalue weighted by atomic mass is 32.2. The number of sulfonamides is 1. The zero-order valence-electron chi connectivity index (χ0n) is 16.0. The first kappa shape index (κ1) is 20.2. The highest BCUT2D eigenvalue weighted by molar-refractivity contribution is 7.89. The molecule has 3 rings (SSSR count). The molecule has 0 atom stereocenters. The van der Waals surface area contributed by atoms with Gasteiger partial charge in [0.1, 0.15) is 11.5 Å². The molecule has 0 aliphatic carbocycles. The van der Waals surface area contributed by atoms with Crippen LogP contribution in [-0.4, -0.2) is 45.9 Å². The van der Waals surface area contributed by atoms with Crippen LogP contribution in [0.3, 0.4) is 0 Å². The Morgan fingerprint density at radius 3 is 2.43 bits per heavy atom. The van der Waals surface area contributed by atoms with Crippen molar-refractivity contribution in [3.05, 3.63) is 48.0 Å². The lowest BCUT2D eigenvalue weighted by molar-refractivity contribution is 0.102. The van der Waals surface area contributed by atoms with Crippen molar-refractivity contribution in [3.8, 4) is 11.5 Å². The Hall–Kier alpha value is -2.58. The second-order valence-electron chi connectivity index (χ2n) is 6.51. The van der Waals surface area contributed by atoms with Gasteiger partial charge in [0.2, 0.25) is 10.0 Å². The fourth-order valence-electron chi connectivity index (χ4n) is 3.16. The van der Waals surface area contributed by atoms with E-state index in [0.29, 0.717) is 30.3 Å². The number of nitrogens with zero attached hydrogens (tertiary/aromatic N) is 1. The highest BCUT2D eigenvalue weighted by Gasteiger charge is 2.26. The van der Waals surface area contributed by atoms with Crippen LogP contribution in [0.4, 0.5) is 5.69 Å². The Kier molecular flexibility index (Phi) is 6.21. The van der Waals surface area contributed by atoms with Crippen molar-refractivity contribution >= 4 is 21.6 Å². The lowest BCUT2D eigenvalue weighted by Gasteiger charge is -2.26. The smallest absolute Gasteiger partial charge is 0.255 e. The standard InChI is InChI=1S/C20H24N2O5S/c1-26-16-9-10-19(27-2)18(14-16)21-20(23)15-7-6-8-17(13-15)28(24,25)22-11-4-3-5-12-22/h6-10,13-14H,3-5,11-12H2,1-2H3,(H,21,23). The molecule has 1 N–H and O–H groups in total. The summed E-state index contributed by atoms with van der Waals surface area (Å²) in [5.41, 5.74) is 0.694. The monoisotopic (exact) mass is 404 g/mol. The summed E-state index contributed by atoms with van der Waals surface area (Å²) >= 11 is 0. The average Bonchev–Trinajstić information content (AvgIpc) is 2.74. The van der Waals surface area contributed by atoms with Gasteiger partial charge in [-0.3, -0.25) is 4.79 Å². The Bertz CT molecular complexity index is 953. The van der Waals surface area contributed by atoms with E-state index in [-0.39, 0.29) is 10.5 Å². The maximum absolute atomic E-state index is 12.9. The van der Waals surface area contributed by atoms with Gasteiger partial charge in [-0.15, -0.1) is 0 Å². The first-order valence-electron chi connectivity index (χ1n) is 9.09. The molecule has 0 bridgehead atoms. The van der Waals surface area contributed by atoms with Crippen LogP contribution in [-0.2, 0) is 10.0 Å². The van der Waals surface area contributed by atoms with Crippen LogP contribution in [0.1, 0.15) is 29.6 Å². The maximum Gasteiger partial charge on any atom is 0.255 e. The third-order valence-electron chi connectivity index (χ3n) is 4.70. The van der Waals surface area contributed by atoms with E-state index in [2.05, 4.69) is 5.32 Å². The number of ether oxygens (including phenoxy) is 2. The molecule has 1 fully saturated rings. The minimum Gasteiger partial charge on any atom is -0.497 e. The molecule has 1 saturated heterocycles. The third kappa shape index (κ3) is 4.28. The molecule has 28 heavy (non-hydrogen) atoms. The number of benzene rings is 2. The second kappa shape index (κ2) is 8.62. The molecule has 0 spiro atoms.